The highest BCUT2D eigenvalue weighted by atomic mass is 35.5. The first-order valence-electron chi connectivity index (χ1n) is 6.02. The molecule has 20 heavy (non-hydrogen) atoms. The first kappa shape index (κ1) is 13.3. The number of benzene rings is 1. The van der Waals surface area contributed by atoms with E-state index >= 15 is 0 Å². The lowest BCUT2D eigenvalue weighted by Gasteiger charge is -2.04. The number of methoxy groups -OCH3 is 1. The van der Waals surface area contributed by atoms with Crippen molar-refractivity contribution in [3.63, 3.8) is 0 Å². The molecule has 0 N–H and O–H groups in total. The minimum absolute atomic E-state index is 0.266. The molecule has 3 rings (SSSR count). The first-order valence-corrected chi connectivity index (χ1v) is 7.38. The SMILES string of the molecule is COc1ccc(CSc2ccn3nc(Cl)nc3c2)cc1. The Bertz CT molecular complexity index is 727. The second kappa shape index (κ2) is 5.73. The highest BCUT2D eigenvalue weighted by Crippen LogP contribution is 2.24. The van der Waals surface area contributed by atoms with Crippen molar-refractivity contribution >= 4 is 29.0 Å². The highest BCUT2D eigenvalue weighted by molar-refractivity contribution is 7.98. The van der Waals surface area contributed by atoms with Gasteiger partial charge in [-0.05, 0) is 41.4 Å². The maximum Gasteiger partial charge on any atom is 0.243 e. The number of ether oxygens (including phenoxy) is 1. The van der Waals surface area contributed by atoms with Crippen LogP contribution in [0.5, 0.6) is 5.75 Å². The molecule has 0 bridgehead atoms. The molecule has 0 aliphatic rings. The van der Waals surface area contributed by atoms with Gasteiger partial charge in [-0.25, -0.2) is 4.52 Å². The maximum absolute atomic E-state index is 5.78. The Balaban J connectivity index is 1.72. The number of nitrogens with zero attached hydrogens (tertiary/aromatic N) is 3. The molecule has 0 saturated carbocycles. The number of hydrogen-bond acceptors (Lipinski definition) is 4. The molecule has 6 heteroatoms. The molecule has 3 aromatic rings. The summed E-state index contributed by atoms with van der Waals surface area (Å²) in [6.45, 7) is 0. The molecule has 0 amide bonds. The summed E-state index contributed by atoms with van der Waals surface area (Å²) >= 11 is 7.52. The fraction of sp³-hybridized carbons (Fsp3) is 0.143. The van der Waals surface area contributed by atoms with E-state index < -0.39 is 0 Å². The lowest BCUT2D eigenvalue weighted by molar-refractivity contribution is 0.414. The van der Waals surface area contributed by atoms with E-state index in [4.69, 9.17) is 16.3 Å². The number of rotatable bonds is 4. The van der Waals surface area contributed by atoms with Crippen molar-refractivity contribution in [2.24, 2.45) is 0 Å². The number of hydrogen-bond donors (Lipinski definition) is 0. The van der Waals surface area contributed by atoms with Gasteiger partial charge in [-0.1, -0.05) is 12.1 Å². The van der Waals surface area contributed by atoms with Gasteiger partial charge in [0.15, 0.2) is 5.65 Å². The van der Waals surface area contributed by atoms with Gasteiger partial charge in [-0.2, -0.15) is 4.98 Å². The molecule has 0 saturated heterocycles. The van der Waals surface area contributed by atoms with Crippen molar-refractivity contribution in [1.82, 2.24) is 14.6 Å². The van der Waals surface area contributed by atoms with Crippen molar-refractivity contribution in [3.8, 4) is 5.75 Å². The Morgan fingerprint density at radius 3 is 2.80 bits per heavy atom. The fourth-order valence-electron chi connectivity index (χ4n) is 1.81. The van der Waals surface area contributed by atoms with Crippen LogP contribution in [0.2, 0.25) is 5.28 Å². The number of thioether (sulfide) groups is 1. The zero-order chi connectivity index (χ0) is 13.9. The fourth-order valence-corrected chi connectivity index (χ4v) is 2.85. The maximum atomic E-state index is 5.78. The van der Waals surface area contributed by atoms with Crippen LogP contribution in [0.3, 0.4) is 0 Å². The third-order valence-electron chi connectivity index (χ3n) is 2.85. The van der Waals surface area contributed by atoms with Gasteiger partial charge in [-0.3, -0.25) is 0 Å². The molecule has 0 spiro atoms. The zero-order valence-corrected chi connectivity index (χ0v) is 12.4. The van der Waals surface area contributed by atoms with Crippen LogP contribution in [0, 0.1) is 0 Å². The number of pyridine rings is 1. The molecular formula is C14H12ClN3OS. The van der Waals surface area contributed by atoms with Gasteiger partial charge in [0.1, 0.15) is 5.75 Å². The monoisotopic (exact) mass is 305 g/mol. The molecule has 2 aromatic heterocycles. The molecule has 0 radical (unpaired) electrons. The van der Waals surface area contributed by atoms with E-state index in [2.05, 4.69) is 22.2 Å². The minimum atomic E-state index is 0.266. The largest absolute Gasteiger partial charge is 0.497 e. The standard InChI is InChI=1S/C14H12ClN3OS/c1-19-11-4-2-10(3-5-11)9-20-12-6-7-18-13(8-12)16-14(15)17-18/h2-8H,9H2,1H3. The zero-order valence-electron chi connectivity index (χ0n) is 10.8. The van der Waals surface area contributed by atoms with E-state index in [0.717, 1.165) is 22.0 Å². The van der Waals surface area contributed by atoms with Crippen LogP contribution in [-0.4, -0.2) is 21.7 Å². The summed E-state index contributed by atoms with van der Waals surface area (Å²) in [5.41, 5.74) is 2.00. The van der Waals surface area contributed by atoms with Gasteiger partial charge in [0, 0.05) is 16.8 Å². The summed E-state index contributed by atoms with van der Waals surface area (Å²) in [5.74, 6) is 1.76. The van der Waals surface area contributed by atoms with Crippen LogP contribution in [0.1, 0.15) is 5.56 Å². The van der Waals surface area contributed by atoms with Crippen LogP contribution in [-0.2, 0) is 5.75 Å². The molecule has 0 aliphatic carbocycles. The first-order chi connectivity index (χ1) is 9.74. The van der Waals surface area contributed by atoms with E-state index in [1.165, 1.54) is 5.56 Å². The highest BCUT2D eigenvalue weighted by Gasteiger charge is 2.03. The van der Waals surface area contributed by atoms with E-state index in [1.54, 1.807) is 23.4 Å². The van der Waals surface area contributed by atoms with Crippen molar-refractivity contribution in [2.75, 3.05) is 7.11 Å². The minimum Gasteiger partial charge on any atom is -0.497 e. The third-order valence-corrected chi connectivity index (χ3v) is 4.07. The average molecular weight is 306 g/mol. The summed E-state index contributed by atoms with van der Waals surface area (Å²) in [4.78, 5) is 5.28. The summed E-state index contributed by atoms with van der Waals surface area (Å²) in [6, 6.07) is 12.1. The number of halogens is 1. The van der Waals surface area contributed by atoms with Gasteiger partial charge in [0.05, 0.1) is 7.11 Å². The quantitative estimate of drug-likeness (QED) is 0.689. The predicted molar refractivity (Wildman–Crippen MR) is 80.6 cm³/mol. The molecular weight excluding hydrogens is 294 g/mol. The van der Waals surface area contributed by atoms with Gasteiger partial charge >= 0.3 is 0 Å². The molecule has 1 aromatic carbocycles. The smallest absolute Gasteiger partial charge is 0.243 e. The van der Waals surface area contributed by atoms with Gasteiger partial charge in [-0.15, -0.1) is 16.9 Å². The summed E-state index contributed by atoms with van der Waals surface area (Å²) in [6.07, 6.45) is 1.87. The molecule has 0 fully saturated rings. The molecule has 0 unspecified atom stereocenters. The molecule has 102 valence electrons. The van der Waals surface area contributed by atoms with E-state index in [-0.39, 0.29) is 5.28 Å². The summed E-state index contributed by atoms with van der Waals surface area (Å²) < 4.78 is 6.81. The van der Waals surface area contributed by atoms with Gasteiger partial charge < -0.3 is 4.74 Å². The van der Waals surface area contributed by atoms with Crippen molar-refractivity contribution < 1.29 is 4.74 Å². The summed E-state index contributed by atoms with van der Waals surface area (Å²) in [5, 5.41) is 4.31. The van der Waals surface area contributed by atoms with E-state index in [0.29, 0.717) is 0 Å². The van der Waals surface area contributed by atoms with Crippen LogP contribution in [0.15, 0.2) is 47.5 Å². The Labute approximate surface area is 125 Å². The lowest BCUT2D eigenvalue weighted by atomic mass is 10.2. The van der Waals surface area contributed by atoms with Gasteiger partial charge in [0.2, 0.25) is 5.28 Å². The van der Waals surface area contributed by atoms with Crippen LogP contribution >= 0.6 is 23.4 Å². The number of aromatic nitrogens is 3. The topological polar surface area (TPSA) is 39.4 Å². The summed E-state index contributed by atoms with van der Waals surface area (Å²) in [7, 11) is 1.67. The Morgan fingerprint density at radius 2 is 2.05 bits per heavy atom. The third kappa shape index (κ3) is 2.89. The number of fused-ring (bicyclic) bond motifs is 1. The molecule has 0 aliphatic heterocycles. The van der Waals surface area contributed by atoms with Crippen molar-refractivity contribution in [1.29, 1.82) is 0 Å². The molecule has 2 heterocycles. The average Bonchev–Trinajstić information content (AvgIpc) is 2.85. The second-order valence-electron chi connectivity index (χ2n) is 4.18. The van der Waals surface area contributed by atoms with Crippen molar-refractivity contribution in [3.05, 3.63) is 53.4 Å². The molecule has 4 nitrogen and oxygen atoms in total. The van der Waals surface area contributed by atoms with Crippen molar-refractivity contribution in [2.45, 2.75) is 10.6 Å². The Morgan fingerprint density at radius 1 is 1.25 bits per heavy atom. The Hall–Kier alpha value is -1.72. The second-order valence-corrected chi connectivity index (χ2v) is 5.57. The van der Waals surface area contributed by atoms with E-state index in [1.807, 2.05) is 30.5 Å². The lowest BCUT2D eigenvalue weighted by Crippen LogP contribution is -1.87. The van der Waals surface area contributed by atoms with Crippen LogP contribution in [0.4, 0.5) is 0 Å². The van der Waals surface area contributed by atoms with Gasteiger partial charge in [0.25, 0.3) is 0 Å². The predicted octanol–water partition coefficient (Wildman–Crippen LogP) is 3.68. The molecule has 0 atom stereocenters. The Kier molecular flexibility index (Phi) is 3.80. The van der Waals surface area contributed by atoms with Crippen LogP contribution < -0.4 is 4.74 Å². The van der Waals surface area contributed by atoms with Crippen LogP contribution in [0.25, 0.3) is 5.65 Å². The normalized spacial score (nSPS) is 10.9. The van der Waals surface area contributed by atoms with E-state index in [9.17, 15) is 0 Å².